The molecule has 1 saturated carbocycles. The second-order valence-electron chi connectivity index (χ2n) is 6.75. The van der Waals surface area contributed by atoms with Gasteiger partial charge in [0, 0.05) is 29.9 Å². The Labute approximate surface area is 150 Å². The molecule has 3 aliphatic rings. The first kappa shape index (κ1) is 16.5. The van der Waals surface area contributed by atoms with Gasteiger partial charge in [-0.05, 0) is 17.7 Å². The van der Waals surface area contributed by atoms with Crippen molar-refractivity contribution in [2.75, 3.05) is 26.3 Å². The molecule has 2 aliphatic heterocycles. The van der Waals surface area contributed by atoms with Crippen LogP contribution < -0.4 is 0 Å². The number of morpholine rings is 1. The van der Waals surface area contributed by atoms with Crippen molar-refractivity contribution in [1.82, 2.24) is 4.90 Å². The molecule has 1 aromatic rings. The van der Waals surface area contributed by atoms with E-state index in [0.29, 0.717) is 13.0 Å². The van der Waals surface area contributed by atoms with Crippen LogP contribution in [0.15, 0.2) is 28.7 Å². The van der Waals surface area contributed by atoms with Gasteiger partial charge in [-0.25, -0.2) is 0 Å². The zero-order valence-corrected chi connectivity index (χ0v) is 15.1. The molecule has 4 rings (SSSR count). The summed E-state index contributed by atoms with van der Waals surface area (Å²) in [6.07, 6.45) is 1.31. The summed E-state index contributed by atoms with van der Waals surface area (Å²) in [5.74, 6) is 0.147. The average Bonchev–Trinajstić information content (AvgIpc) is 2.83. The van der Waals surface area contributed by atoms with Crippen LogP contribution in [0.1, 0.15) is 18.4 Å². The van der Waals surface area contributed by atoms with Crippen LogP contribution in [0.5, 0.6) is 0 Å². The lowest BCUT2D eigenvalue weighted by atomic mass is 9.93. The van der Waals surface area contributed by atoms with E-state index in [2.05, 4.69) is 33.0 Å². The molecule has 3 fully saturated rings. The van der Waals surface area contributed by atoms with Crippen molar-refractivity contribution in [3.63, 3.8) is 0 Å². The van der Waals surface area contributed by atoms with E-state index in [4.69, 9.17) is 14.2 Å². The Bertz CT molecular complexity index is 587. The highest BCUT2D eigenvalue weighted by molar-refractivity contribution is 9.10. The van der Waals surface area contributed by atoms with Crippen molar-refractivity contribution in [2.45, 2.75) is 37.7 Å². The van der Waals surface area contributed by atoms with Gasteiger partial charge in [0.05, 0.1) is 38.4 Å². The van der Waals surface area contributed by atoms with E-state index in [1.165, 1.54) is 0 Å². The second kappa shape index (κ2) is 7.12. The fourth-order valence-electron chi connectivity index (χ4n) is 4.18. The number of hydrogen-bond acceptors (Lipinski definition) is 5. The Hall–Kier alpha value is -0.950. The Morgan fingerprint density at radius 2 is 1.96 bits per heavy atom. The van der Waals surface area contributed by atoms with E-state index in [1.54, 1.807) is 0 Å². The maximum absolute atomic E-state index is 11.9. The third-order valence-electron chi connectivity index (χ3n) is 5.29. The lowest BCUT2D eigenvalue weighted by Gasteiger charge is -2.40. The summed E-state index contributed by atoms with van der Waals surface area (Å²) in [6.45, 7) is 3.91. The van der Waals surface area contributed by atoms with Crippen molar-refractivity contribution in [2.24, 2.45) is 5.92 Å². The summed E-state index contributed by atoms with van der Waals surface area (Å²) in [7, 11) is 0. The number of carbonyl (C=O) groups excluding carboxylic acids is 1. The van der Waals surface area contributed by atoms with Crippen molar-refractivity contribution >= 4 is 21.9 Å². The van der Waals surface area contributed by atoms with Gasteiger partial charge in [-0.1, -0.05) is 28.1 Å². The number of ether oxygens (including phenoxy) is 3. The Morgan fingerprint density at radius 3 is 2.71 bits per heavy atom. The highest BCUT2D eigenvalue weighted by Gasteiger charge is 2.52. The fraction of sp³-hybridized carbons (Fsp3) is 0.611. The summed E-state index contributed by atoms with van der Waals surface area (Å²) >= 11 is 3.45. The summed E-state index contributed by atoms with van der Waals surface area (Å²) in [4.78, 5) is 14.3. The normalized spacial score (nSPS) is 33.5. The van der Waals surface area contributed by atoms with Crippen LogP contribution in [0.25, 0.3) is 0 Å². The van der Waals surface area contributed by atoms with E-state index in [9.17, 15) is 4.79 Å². The van der Waals surface area contributed by atoms with E-state index in [0.717, 1.165) is 42.8 Å². The number of nitrogens with zero attached hydrogens (tertiary/aromatic N) is 1. The van der Waals surface area contributed by atoms with E-state index < -0.39 is 0 Å². The highest BCUT2D eigenvalue weighted by Crippen LogP contribution is 2.41. The van der Waals surface area contributed by atoms with Gasteiger partial charge in [0.25, 0.3) is 0 Å². The van der Waals surface area contributed by atoms with Gasteiger partial charge in [0.15, 0.2) is 0 Å². The first-order valence-electron chi connectivity index (χ1n) is 8.58. The van der Waals surface area contributed by atoms with Gasteiger partial charge in [0.1, 0.15) is 6.10 Å². The smallest absolute Gasteiger partial charge is 0.306 e. The molecule has 2 saturated heterocycles. The molecule has 1 aromatic carbocycles. The molecule has 5 nitrogen and oxygen atoms in total. The number of carbonyl (C=O) groups is 1. The SMILES string of the molecule is O=C1C[C@H]2C(N3CCOCC3)[C@H](C[C@H]2OCc2ccc(Br)cc2)O1. The quantitative estimate of drug-likeness (QED) is 0.732. The predicted molar refractivity (Wildman–Crippen MR) is 91.5 cm³/mol. The van der Waals surface area contributed by atoms with Gasteiger partial charge in [-0.2, -0.15) is 0 Å². The van der Waals surface area contributed by atoms with Crippen molar-refractivity contribution in [3.05, 3.63) is 34.3 Å². The molecule has 2 heterocycles. The Balaban J connectivity index is 1.44. The minimum absolute atomic E-state index is 0.0377. The second-order valence-corrected chi connectivity index (χ2v) is 7.66. The van der Waals surface area contributed by atoms with Crippen LogP contribution >= 0.6 is 15.9 Å². The molecule has 24 heavy (non-hydrogen) atoms. The lowest BCUT2D eigenvalue weighted by molar-refractivity contribution is -0.161. The number of halogens is 1. The standard InChI is InChI=1S/C18H22BrNO4/c19-13-3-1-12(2-4-13)11-23-15-10-16-18(14(15)9-17(21)24-16)20-5-7-22-8-6-20/h1-4,14-16,18H,5-11H2/t14-,15-,16+,18?/m1/s1. The van der Waals surface area contributed by atoms with E-state index in [1.807, 2.05) is 12.1 Å². The van der Waals surface area contributed by atoms with Gasteiger partial charge in [-0.15, -0.1) is 0 Å². The van der Waals surface area contributed by atoms with Crippen LogP contribution in [-0.2, 0) is 25.6 Å². The highest BCUT2D eigenvalue weighted by atomic mass is 79.9. The van der Waals surface area contributed by atoms with Crippen molar-refractivity contribution < 1.29 is 19.0 Å². The molecule has 1 aliphatic carbocycles. The molecule has 0 spiro atoms. The maximum atomic E-state index is 11.9. The van der Waals surface area contributed by atoms with Gasteiger partial charge in [0.2, 0.25) is 0 Å². The van der Waals surface area contributed by atoms with Gasteiger partial charge in [-0.3, -0.25) is 9.69 Å². The van der Waals surface area contributed by atoms with Crippen LogP contribution in [-0.4, -0.2) is 55.4 Å². The van der Waals surface area contributed by atoms with E-state index in [-0.39, 0.29) is 30.1 Å². The van der Waals surface area contributed by atoms with Gasteiger partial charge >= 0.3 is 5.97 Å². The van der Waals surface area contributed by atoms with E-state index >= 15 is 0 Å². The molecular weight excluding hydrogens is 374 g/mol. The lowest BCUT2D eigenvalue weighted by Crippen LogP contribution is -2.53. The van der Waals surface area contributed by atoms with Crippen molar-refractivity contribution in [3.8, 4) is 0 Å². The molecule has 2 bridgehead atoms. The zero-order chi connectivity index (χ0) is 16.5. The summed E-state index contributed by atoms with van der Waals surface area (Å²) in [5, 5.41) is 0. The number of esters is 1. The van der Waals surface area contributed by atoms with Crippen LogP contribution in [0.3, 0.4) is 0 Å². The van der Waals surface area contributed by atoms with Crippen LogP contribution in [0.2, 0.25) is 0 Å². The average molecular weight is 396 g/mol. The molecule has 130 valence electrons. The molecule has 0 N–H and O–H groups in total. The summed E-state index contributed by atoms with van der Waals surface area (Å²) < 4.78 is 18.4. The van der Waals surface area contributed by atoms with Crippen LogP contribution in [0.4, 0.5) is 0 Å². The third kappa shape index (κ3) is 3.38. The molecule has 0 amide bonds. The largest absolute Gasteiger partial charge is 0.461 e. The monoisotopic (exact) mass is 395 g/mol. The summed E-state index contributed by atoms with van der Waals surface area (Å²) in [5.41, 5.74) is 1.15. The van der Waals surface area contributed by atoms with Crippen molar-refractivity contribution in [1.29, 1.82) is 0 Å². The zero-order valence-electron chi connectivity index (χ0n) is 13.5. The number of benzene rings is 1. The van der Waals surface area contributed by atoms with Crippen LogP contribution in [0, 0.1) is 5.92 Å². The number of rotatable bonds is 4. The minimum atomic E-state index is -0.0794. The fourth-order valence-corrected chi connectivity index (χ4v) is 4.44. The molecule has 4 atom stereocenters. The summed E-state index contributed by atoms with van der Waals surface area (Å²) in [6, 6.07) is 8.45. The first-order chi connectivity index (χ1) is 11.7. The molecular formula is C18H22BrNO4. The topological polar surface area (TPSA) is 48.0 Å². The Kier molecular flexibility index (Phi) is 4.90. The molecule has 0 radical (unpaired) electrons. The molecule has 0 aromatic heterocycles. The predicted octanol–water partition coefficient (Wildman–Crippen LogP) is 2.37. The maximum Gasteiger partial charge on any atom is 0.306 e. The Morgan fingerprint density at radius 1 is 1.21 bits per heavy atom. The number of hydrogen-bond donors (Lipinski definition) is 0. The van der Waals surface area contributed by atoms with Gasteiger partial charge < -0.3 is 14.2 Å². The molecule has 6 heteroatoms. The third-order valence-corrected chi connectivity index (χ3v) is 5.82. The number of fused-ring (bicyclic) bond motifs is 2. The first-order valence-corrected chi connectivity index (χ1v) is 9.37. The molecule has 1 unspecified atom stereocenters. The minimum Gasteiger partial charge on any atom is -0.461 e.